The van der Waals surface area contributed by atoms with Gasteiger partial charge in [0.1, 0.15) is 34.5 Å². The van der Waals surface area contributed by atoms with Crippen LogP contribution >= 0.6 is 0 Å². The molecule has 0 heterocycles. The standard InChI is InChI=1S/C35H38N2O4/c1-19-29(40-21-7-11-25(36)27(38)15-21)13-9-23-31(19)35(17-33(23,3)4)18-34(5,6)24-10-14-30(20(2)32(24)35)41-22-8-12-26(37)28(39)16-22/h7-16,38-39H,17-18,36-37H2,1-6H3. The number of anilines is 2. The Balaban J connectivity index is 1.52. The van der Waals surface area contributed by atoms with Gasteiger partial charge in [-0.05, 0) is 107 Å². The number of ether oxygens (including phenoxy) is 2. The second-order valence-corrected chi connectivity index (χ2v) is 13.1. The molecule has 0 aromatic heterocycles. The Morgan fingerprint density at radius 2 is 1.00 bits per heavy atom. The Morgan fingerprint density at radius 3 is 1.37 bits per heavy atom. The third-order valence-electron chi connectivity index (χ3n) is 9.19. The number of hydrogen-bond acceptors (Lipinski definition) is 6. The van der Waals surface area contributed by atoms with Crippen LogP contribution in [-0.2, 0) is 16.2 Å². The monoisotopic (exact) mass is 550 g/mol. The number of hydrogen-bond donors (Lipinski definition) is 4. The molecule has 6 heteroatoms. The van der Waals surface area contributed by atoms with Crippen molar-refractivity contribution in [3.05, 3.63) is 94.0 Å². The van der Waals surface area contributed by atoms with Gasteiger partial charge >= 0.3 is 0 Å². The van der Waals surface area contributed by atoms with Crippen molar-refractivity contribution < 1.29 is 19.7 Å². The van der Waals surface area contributed by atoms with Gasteiger partial charge in [0.05, 0.1) is 11.4 Å². The molecule has 6 rings (SSSR count). The van der Waals surface area contributed by atoms with Gasteiger partial charge in [0.25, 0.3) is 0 Å². The molecule has 4 aromatic rings. The molecule has 0 radical (unpaired) electrons. The molecule has 0 unspecified atom stereocenters. The lowest BCUT2D eigenvalue weighted by molar-refractivity contribution is 0.347. The van der Waals surface area contributed by atoms with Crippen molar-refractivity contribution in [2.75, 3.05) is 11.5 Å². The molecule has 0 amide bonds. The lowest BCUT2D eigenvalue weighted by Gasteiger charge is -2.33. The van der Waals surface area contributed by atoms with Crippen LogP contribution in [0.2, 0.25) is 0 Å². The van der Waals surface area contributed by atoms with Gasteiger partial charge in [-0.3, -0.25) is 0 Å². The summed E-state index contributed by atoms with van der Waals surface area (Å²) < 4.78 is 12.7. The van der Waals surface area contributed by atoms with Crippen LogP contribution in [0, 0.1) is 13.8 Å². The number of phenols is 2. The molecule has 0 saturated carbocycles. The topological polar surface area (TPSA) is 111 Å². The van der Waals surface area contributed by atoms with E-state index in [0.717, 1.165) is 35.5 Å². The largest absolute Gasteiger partial charge is 0.506 e. The lowest BCUT2D eigenvalue weighted by atomic mass is 9.70. The number of fused-ring (bicyclic) bond motifs is 4. The van der Waals surface area contributed by atoms with Crippen molar-refractivity contribution >= 4 is 11.4 Å². The van der Waals surface area contributed by atoms with Gasteiger partial charge in [-0.1, -0.05) is 39.8 Å². The van der Waals surface area contributed by atoms with Crippen molar-refractivity contribution in [3.63, 3.8) is 0 Å². The molecule has 0 aliphatic heterocycles. The highest BCUT2D eigenvalue weighted by Gasteiger charge is 2.57. The minimum atomic E-state index is -0.239. The minimum Gasteiger partial charge on any atom is -0.506 e. The fraction of sp³-hybridized carbons (Fsp3) is 0.314. The van der Waals surface area contributed by atoms with E-state index < -0.39 is 0 Å². The highest BCUT2D eigenvalue weighted by molar-refractivity contribution is 5.67. The zero-order valence-electron chi connectivity index (χ0n) is 24.6. The number of nitrogen functional groups attached to an aromatic ring is 2. The maximum atomic E-state index is 10.2. The second kappa shape index (κ2) is 8.84. The molecule has 4 aromatic carbocycles. The van der Waals surface area contributed by atoms with Crippen molar-refractivity contribution in [3.8, 4) is 34.5 Å². The fourth-order valence-corrected chi connectivity index (χ4v) is 7.64. The Bertz CT molecular complexity index is 1590. The van der Waals surface area contributed by atoms with Crippen LogP contribution in [0.25, 0.3) is 0 Å². The first kappa shape index (κ1) is 26.9. The summed E-state index contributed by atoms with van der Waals surface area (Å²) in [5, 5.41) is 20.3. The van der Waals surface area contributed by atoms with E-state index in [9.17, 15) is 10.2 Å². The van der Waals surface area contributed by atoms with Crippen molar-refractivity contribution in [1.29, 1.82) is 0 Å². The molecular weight excluding hydrogens is 512 g/mol. The van der Waals surface area contributed by atoms with Crippen LogP contribution in [-0.4, -0.2) is 10.2 Å². The number of aromatic hydroxyl groups is 2. The van der Waals surface area contributed by atoms with E-state index in [1.54, 1.807) is 36.4 Å². The smallest absolute Gasteiger partial charge is 0.142 e. The summed E-state index contributed by atoms with van der Waals surface area (Å²) in [6.45, 7) is 13.6. The van der Waals surface area contributed by atoms with Crippen LogP contribution in [0.4, 0.5) is 11.4 Å². The molecule has 0 fully saturated rings. The zero-order chi connectivity index (χ0) is 29.5. The maximum Gasteiger partial charge on any atom is 0.142 e. The summed E-state index contributed by atoms with van der Waals surface area (Å²) >= 11 is 0. The van der Waals surface area contributed by atoms with Crippen molar-refractivity contribution in [2.45, 2.75) is 70.6 Å². The quantitative estimate of drug-likeness (QED) is 0.151. The first-order chi connectivity index (χ1) is 19.2. The Kier molecular flexibility index (Phi) is 5.79. The maximum absolute atomic E-state index is 10.2. The van der Waals surface area contributed by atoms with E-state index in [4.69, 9.17) is 20.9 Å². The number of nitrogens with two attached hydrogens (primary N) is 2. The number of rotatable bonds is 4. The normalized spacial score (nSPS) is 17.3. The summed E-state index contributed by atoms with van der Waals surface area (Å²) in [5.74, 6) is 2.61. The number of phenolic OH excluding ortho intramolecular Hbond substituents is 2. The molecule has 2 aliphatic rings. The fourth-order valence-electron chi connectivity index (χ4n) is 7.64. The van der Waals surface area contributed by atoms with Gasteiger partial charge in [0.15, 0.2) is 0 Å². The van der Waals surface area contributed by atoms with Crippen LogP contribution in [0.3, 0.4) is 0 Å². The SMILES string of the molecule is Cc1c(Oc2ccc(N)c(O)c2)ccc2c1C1(CC2(C)C)CC(C)(C)c2ccc(Oc3ccc(N)c(O)c3)c(C)c21. The second-order valence-electron chi connectivity index (χ2n) is 13.1. The first-order valence-electron chi connectivity index (χ1n) is 14.1. The minimum absolute atomic E-state index is 0.00274. The molecule has 6 N–H and O–H groups in total. The summed E-state index contributed by atoms with van der Waals surface area (Å²) in [6.07, 6.45) is 1.93. The molecule has 0 atom stereocenters. The molecule has 0 saturated heterocycles. The first-order valence-corrected chi connectivity index (χ1v) is 14.1. The Labute approximate surface area is 241 Å². The van der Waals surface area contributed by atoms with Gasteiger partial charge in [-0.15, -0.1) is 0 Å². The highest BCUT2D eigenvalue weighted by Crippen LogP contribution is 2.65. The predicted octanol–water partition coefficient (Wildman–Crippen LogP) is 8.11. The van der Waals surface area contributed by atoms with Crippen LogP contribution in [0.1, 0.15) is 73.9 Å². The van der Waals surface area contributed by atoms with Crippen LogP contribution in [0.15, 0.2) is 60.7 Å². The molecule has 6 nitrogen and oxygen atoms in total. The van der Waals surface area contributed by atoms with Gasteiger partial charge in [-0.25, -0.2) is 0 Å². The van der Waals surface area contributed by atoms with Crippen molar-refractivity contribution in [2.24, 2.45) is 0 Å². The van der Waals surface area contributed by atoms with Gasteiger partial charge in [-0.2, -0.15) is 0 Å². The lowest BCUT2D eigenvalue weighted by Crippen LogP contribution is -2.28. The van der Waals surface area contributed by atoms with E-state index in [2.05, 4.69) is 53.7 Å². The summed E-state index contributed by atoms with van der Waals surface area (Å²) in [5.41, 5.74) is 19.4. The van der Waals surface area contributed by atoms with Gasteiger partial charge in [0.2, 0.25) is 0 Å². The summed E-state index contributed by atoms with van der Waals surface area (Å²) in [4.78, 5) is 0. The average molecular weight is 551 g/mol. The van der Waals surface area contributed by atoms with Gasteiger partial charge in [0, 0.05) is 17.5 Å². The number of benzene rings is 4. The van der Waals surface area contributed by atoms with Crippen LogP contribution < -0.4 is 20.9 Å². The summed E-state index contributed by atoms with van der Waals surface area (Å²) in [6, 6.07) is 18.5. The zero-order valence-corrected chi connectivity index (χ0v) is 24.6. The van der Waals surface area contributed by atoms with E-state index in [1.807, 2.05) is 12.1 Å². The molecule has 41 heavy (non-hydrogen) atoms. The van der Waals surface area contributed by atoms with E-state index in [0.29, 0.717) is 22.9 Å². The molecular formula is C35H38N2O4. The van der Waals surface area contributed by atoms with E-state index in [1.165, 1.54) is 22.3 Å². The predicted molar refractivity (Wildman–Crippen MR) is 164 cm³/mol. The molecule has 0 bridgehead atoms. The van der Waals surface area contributed by atoms with E-state index >= 15 is 0 Å². The van der Waals surface area contributed by atoms with Crippen LogP contribution in [0.5, 0.6) is 34.5 Å². The molecule has 2 aliphatic carbocycles. The molecule has 1 spiro atoms. The van der Waals surface area contributed by atoms with E-state index in [-0.39, 0.29) is 27.7 Å². The average Bonchev–Trinajstić information content (AvgIpc) is 3.26. The molecule has 212 valence electrons. The third-order valence-corrected chi connectivity index (χ3v) is 9.19. The third kappa shape index (κ3) is 4.07. The van der Waals surface area contributed by atoms with Gasteiger partial charge < -0.3 is 31.2 Å². The van der Waals surface area contributed by atoms with Crippen molar-refractivity contribution in [1.82, 2.24) is 0 Å². The Hall–Kier alpha value is -4.32. The Morgan fingerprint density at radius 1 is 0.610 bits per heavy atom. The summed E-state index contributed by atoms with van der Waals surface area (Å²) in [7, 11) is 0. The highest BCUT2D eigenvalue weighted by atomic mass is 16.5.